The summed E-state index contributed by atoms with van der Waals surface area (Å²) in [7, 11) is 0. The standard InChI is InChI=1S/C31H41ClN2/c32-26-12-7-11-25(20-26)28(14-6-10-23-16-18-27(33)19-17-23)30-22-34(21-24-8-2-1-3-9-24)31-15-5-4-13-29(30)31/h4-5,7,11-13,15,20,22-24,27-28H,1-3,6,8-10,14,16-19,21,33H2. The number of hydrogen-bond donors (Lipinski definition) is 1. The number of aromatic nitrogens is 1. The first kappa shape index (κ1) is 23.9. The van der Waals surface area contributed by atoms with Crippen LogP contribution < -0.4 is 5.73 Å². The van der Waals surface area contributed by atoms with Crippen molar-refractivity contribution in [3.8, 4) is 0 Å². The molecule has 0 saturated heterocycles. The van der Waals surface area contributed by atoms with E-state index in [2.05, 4.69) is 53.2 Å². The molecule has 0 radical (unpaired) electrons. The van der Waals surface area contributed by atoms with E-state index in [1.807, 2.05) is 6.07 Å². The Morgan fingerprint density at radius 1 is 0.882 bits per heavy atom. The second-order valence-corrected chi connectivity index (χ2v) is 11.5. The Balaban J connectivity index is 1.41. The van der Waals surface area contributed by atoms with E-state index in [1.165, 1.54) is 99.1 Å². The Hall–Kier alpha value is -1.77. The van der Waals surface area contributed by atoms with Crippen molar-refractivity contribution in [2.24, 2.45) is 17.6 Å². The molecule has 1 unspecified atom stereocenters. The van der Waals surface area contributed by atoms with Gasteiger partial charge in [0.25, 0.3) is 0 Å². The molecule has 2 nitrogen and oxygen atoms in total. The van der Waals surface area contributed by atoms with Crippen molar-refractivity contribution in [1.82, 2.24) is 4.57 Å². The Morgan fingerprint density at radius 2 is 1.68 bits per heavy atom. The first-order chi connectivity index (χ1) is 16.7. The number of nitrogens with zero attached hydrogens (tertiary/aromatic N) is 1. The van der Waals surface area contributed by atoms with Crippen LogP contribution in [0.25, 0.3) is 10.9 Å². The lowest BCUT2D eigenvalue weighted by molar-refractivity contribution is 0.302. The number of hydrogen-bond acceptors (Lipinski definition) is 1. The highest BCUT2D eigenvalue weighted by molar-refractivity contribution is 6.30. The van der Waals surface area contributed by atoms with Crippen molar-refractivity contribution in [1.29, 1.82) is 0 Å². The maximum absolute atomic E-state index is 6.48. The van der Waals surface area contributed by atoms with Gasteiger partial charge in [-0.05, 0) is 86.1 Å². The number of nitrogens with two attached hydrogens (primary N) is 1. The molecule has 0 spiro atoms. The lowest BCUT2D eigenvalue weighted by Crippen LogP contribution is -2.26. The van der Waals surface area contributed by atoms with Gasteiger partial charge in [0.05, 0.1) is 0 Å². The highest BCUT2D eigenvalue weighted by atomic mass is 35.5. The van der Waals surface area contributed by atoms with Crippen molar-refractivity contribution < 1.29 is 0 Å². The minimum Gasteiger partial charge on any atom is -0.347 e. The minimum atomic E-state index is 0.391. The quantitative estimate of drug-likeness (QED) is 0.346. The van der Waals surface area contributed by atoms with Crippen molar-refractivity contribution in [3.63, 3.8) is 0 Å². The van der Waals surface area contributed by atoms with Gasteiger partial charge in [0, 0.05) is 40.6 Å². The van der Waals surface area contributed by atoms with Crippen LogP contribution in [0.15, 0.2) is 54.7 Å². The van der Waals surface area contributed by atoms with Crippen LogP contribution in [0, 0.1) is 11.8 Å². The van der Waals surface area contributed by atoms with Crippen LogP contribution in [0.3, 0.4) is 0 Å². The number of fused-ring (bicyclic) bond motifs is 1. The first-order valence-corrected chi connectivity index (χ1v) is 14.1. The number of rotatable bonds is 8. The van der Waals surface area contributed by atoms with Crippen molar-refractivity contribution in [3.05, 3.63) is 70.9 Å². The normalized spacial score (nSPS) is 22.8. The molecule has 2 aliphatic rings. The predicted molar refractivity (Wildman–Crippen MR) is 146 cm³/mol. The average Bonchev–Trinajstić information content (AvgIpc) is 3.22. The molecule has 34 heavy (non-hydrogen) atoms. The zero-order valence-electron chi connectivity index (χ0n) is 20.6. The van der Waals surface area contributed by atoms with Gasteiger partial charge in [-0.1, -0.05) is 74.0 Å². The molecule has 0 aliphatic heterocycles. The molecule has 2 saturated carbocycles. The summed E-state index contributed by atoms with van der Waals surface area (Å²) in [5, 5.41) is 2.27. The Bertz CT molecular complexity index is 1060. The molecule has 2 N–H and O–H groups in total. The molecule has 2 fully saturated rings. The molecule has 1 atom stereocenters. The van der Waals surface area contributed by atoms with E-state index in [4.69, 9.17) is 17.3 Å². The van der Waals surface area contributed by atoms with Gasteiger partial charge in [-0.15, -0.1) is 0 Å². The van der Waals surface area contributed by atoms with Crippen molar-refractivity contribution in [2.45, 2.75) is 95.6 Å². The molecule has 0 bridgehead atoms. The topological polar surface area (TPSA) is 30.9 Å². The van der Waals surface area contributed by atoms with Gasteiger partial charge >= 0.3 is 0 Å². The van der Waals surface area contributed by atoms with Gasteiger partial charge in [-0.25, -0.2) is 0 Å². The summed E-state index contributed by atoms with van der Waals surface area (Å²) in [5.41, 5.74) is 10.4. The van der Waals surface area contributed by atoms with E-state index in [0.29, 0.717) is 12.0 Å². The monoisotopic (exact) mass is 476 g/mol. The lowest BCUT2D eigenvalue weighted by atomic mass is 9.81. The van der Waals surface area contributed by atoms with Crippen LogP contribution >= 0.6 is 11.6 Å². The van der Waals surface area contributed by atoms with Crippen LogP contribution in [0.2, 0.25) is 5.02 Å². The maximum atomic E-state index is 6.48. The minimum absolute atomic E-state index is 0.391. The summed E-state index contributed by atoms with van der Waals surface area (Å²) >= 11 is 6.48. The summed E-state index contributed by atoms with van der Waals surface area (Å²) in [6.07, 6.45) is 18.3. The number of halogens is 1. The average molecular weight is 477 g/mol. The van der Waals surface area contributed by atoms with Gasteiger partial charge < -0.3 is 10.3 Å². The largest absolute Gasteiger partial charge is 0.347 e. The molecule has 2 aliphatic carbocycles. The molecule has 1 aromatic heterocycles. The first-order valence-electron chi connectivity index (χ1n) is 13.8. The predicted octanol–water partition coefficient (Wildman–Crippen LogP) is 8.69. The van der Waals surface area contributed by atoms with Crippen LogP contribution in [-0.4, -0.2) is 10.6 Å². The smallest absolute Gasteiger partial charge is 0.0483 e. The van der Waals surface area contributed by atoms with Gasteiger partial charge in [0.1, 0.15) is 0 Å². The SMILES string of the molecule is NC1CCC(CCCC(c2cccc(Cl)c2)c2cn(CC3CCCCC3)c3ccccc23)CC1. The van der Waals surface area contributed by atoms with Crippen LogP contribution in [0.1, 0.15) is 94.1 Å². The number of para-hydroxylation sites is 1. The zero-order valence-corrected chi connectivity index (χ0v) is 21.4. The lowest BCUT2D eigenvalue weighted by Gasteiger charge is -2.26. The third kappa shape index (κ3) is 5.71. The molecular formula is C31H41ClN2. The molecule has 5 rings (SSSR count). The summed E-state index contributed by atoms with van der Waals surface area (Å²) in [6, 6.07) is 18.1. The van der Waals surface area contributed by atoms with E-state index in [-0.39, 0.29) is 0 Å². The van der Waals surface area contributed by atoms with Crippen LogP contribution in [-0.2, 0) is 6.54 Å². The Labute approximate surface area is 210 Å². The molecule has 0 amide bonds. The highest BCUT2D eigenvalue weighted by Gasteiger charge is 2.23. The fourth-order valence-corrected chi connectivity index (χ4v) is 6.86. The van der Waals surface area contributed by atoms with Gasteiger partial charge in [-0.2, -0.15) is 0 Å². The fourth-order valence-electron chi connectivity index (χ4n) is 6.66. The third-order valence-electron chi connectivity index (χ3n) is 8.62. The van der Waals surface area contributed by atoms with E-state index in [0.717, 1.165) is 23.4 Å². The van der Waals surface area contributed by atoms with Gasteiger partial charge in [0.2, 0.25) is 0 Å². The second kappa shape index (κ2) is 11.3. The molecule has 3 aromatic rings. The maximum Gasteiger partial charge on any atom is 0.0483 e. The molecule has 182 valence electrons. The van der Waals surface area contributed by atoms with E-state index >= 15 is 0 Å². The van der Waals surface area contributed by atoms with Crippen LogP contribution in [0.5, 0.6) is 0 Å². The van der Waals surface area contributed by atoms with E-state index < -0.39 is 0 Å². The van der Waals surface area contributed by atoms with Crippen molar-refractivity contribution in [2.75, 3.05) is 0 Å². The zero-order chi connectivity index (χ0) is 23.3. The van der Waals surface area contributed by atoms with Gasteiger partial charge in [-0.3, -0.25) is 0 Å². The molecule has 1 heterocycles. The van der Waals surface area contributed by atoms with Gasteiger partial charge in [0.15, 0.2) is 0 Å². The molecular weight excluding hydrogens is 436 g/mol. The Morgan fingerprint density at radius 3 is 2.47 bits per heavy atom. The van der Waals surface area contributed by atoms with E-state index in [1.54, 1.807) is 0 Å². The van der Waals surface area contributed by atoms with Crippen molar-refractivity contribution >= 4 is 22.5 Å². The summed E-state index contributed by atoms with van der Waals surface area (Å²) in [4.78, 5) is 0. The summed E-state index contributed by atoms with van der Waals surface area (Å²) in [5.74, 6) is 2.06. The summed E-state index contributed by atoms with van der Waals surface area (Å²) < 4.78 is 2.57. The molecule has 2 aromatic carbocycles. The fraction of sp³-hybridized carbons (Fsp3) is 0.548. The second-order valence-electron chi connectivity index (χ2n) is 11.1. The Kier molecular flexibility index (Phi) is 7.97. The van der Waals surface area contributed by atoms with Crippen LogP contribution in [0.4, 0.5) is 0 Å². The third-order valence-corrected chi connectivity index (χ3v) is 8.86. The molecule has 3 heteroatoms. The number of benzene rings is 2. The highest BCUT2D eigenvalue weighted by Crippen LogP contribution is 2.39. The summed E-state index contributed by atoms with van der Waals surface area (Å²) in [6.45, 7) is 1.16. The van der Waals surface area contributed by atoms with E-state index in [9.17, 15) is 0 Å².